The zero-order valence-electron chi connectivity index (χ0n) is 9.13. The van der Waals surface area contributed by atoms with Crippen LogP contribution in [-0.4, -0.2) is 31.1 Å². The lowest BCUT2D eigenvalue weighted by atomic mass is 10.1. The highest BCUT2D eigenvalue weighted by Crippen LogP contribution is 2.04. The maximum Gasteiger partial charge on any atom is 0.0160 e. The normalized spacial score (nSPS) is 13.2. The van der Waals surface area contributed by atoms with Crippen molar-refractivity contribution in [3.63, 3.8) is 0 Å². The molecule has 2 heteroatoms. The van der Waals surface area contributed by atoms with E-state index in [2.05, 4.69) is 25.3 Å². The monoisotopic (exact) mass is 184 g/mol. The number of rotatable bonds is 8. The number of hydrogen-bond acceptors (Lipinski definition) is 2. The van der Waals surface area contributed by atoms with E-state index in [1.807, 2.05) is 6.08 Å². The van der Waals surface area contributed by atoms with E-state index in [4.69, 9.17) is 5.73 Å². The Balaban J connectivity index is 3.42. The van der Waals surface area contributed by atoms with Crippen molar-refractivity contribution in [1.82, 2.24) is 4.90 Å². The zero-order chi connectivity index (χ0) is 10.1. The first-order chi connectivity index (χ1) is 6.24. The fourth-order valence-corrected chi connectivity index (χ4v) is 1.34. The molecule has 0 aromatic rings. The van der Waals surface area contributed by atoms with Crippen molar-refractivity contribution in [2.24, 2.45) is 11.7 Å². The lowest BCUT2D eigenvalue weighted by molar-refractivity contribution is 0.302. The molecule has 13 heavy (non-hydrogen) atoms. The zero-order valence-corrected chi connectivity index (χ0v) is 9.13. The Hall–Kier alpha value is -0.340. The standard InChI is InChI=1S/C11H24N2/c1-4-8-13(5-2)9-6-7-11(3)10-12/h4,11H,1,5-10,12H2,2-3H3. The Morgan fingerprint density at radius 3 is 2.69 bits per heavy atom. The summed E-state index contributed by atoms with van der Waals surface area (Å²) in [6.45, 7) is 12.3. The van der Waals surface area contributed by atoms with E-state index in [0.717, 1.165) is 19.6 Å². The molecule has 2 N–H and O–H groups in total. The largest absolute Gasteiger partial charge is 0.330 e. The summed E-state index contributed by atoms with van der Waals surface area (Å²) in [5.41, 5.74) is 5.55. The van der Waals surface area contributed by atoms with Crippen molar-refractivity contribution in [3.8, 4) is 0 Å². The van der Waals surface area contributed by atoms with Gasteiger partial charge >= 0.3 is 0 Å². The minimum absolute atomic E-state index is 0.669. The summed E-state index contributed by atoms with van der Waals surface area (Å²) in [6, 6.07) is 0. The molecular formula is C11H24N2. The molecule has 0 aliphatic heterocycles. The third kappa shape index (κ3) is 6.79. The van der Waals surface area contributed by atoms with Crippen molar-refractivity contribution in [3.05, 3.63) is 12.7 Å². The Labute approximate surface area is 82.8 Å². The van der Waals surface area contributed by atoms with Crippen molar-refractivity contribution in [2.75, 3.05) is 26.2 Å². The van der Waals surface area contributed by atoms with Gasteiger partial charge in [-0.15, -0.1) is 6.58 Å². The topological polar surface area (TPSA) is 29.3 Å². The second-order valence-corrected chi connectivity index (χ2v) is 3.67. The maximum absolute atomic E-state index is 5.55. The molecule has 0 rings (SSSR count). The fourth-order valence-electron chi connectivity index (χ4n) is 1.34. The number of hydrogen-bond donors (Lipinski definition) is 1. The molecule has 0 saturated carbocycles. The molecule has 0 bridgehead atoms. The highest BCUT2D eigenvalue weighted by atomic mass is 15.1. The summed E-state index contributed by atoms with van der Waals surface area (Å²) in [5.74, 6) is 0.669. The molecule has 1 atom stereocenters. The Morgan fingerprint density at radius 2 is 2.23 bits per heavy atom. The summed E-state index contributed by atoms with van der Waals surface area (Å²) < 4.78 is 0. The first-order valence-corrected chi connectivity index (χ1v) is 5.27. The van der Waals surface area contributed by atoms with E-state index in [0.29, 0.717) is 5.92 Å². The molecule has 0 aliphatic rings. The van der Waals surface area contributed by atoms with E-state index in [9.17, 15) is 0 Å². The molecular weight excluding hydrogens is 160 g/mol. The summed E-state index contributed by atoms with van der Waals surface area (Å²) >= 11 is 0. The molecule has 0 amide bonds. The molecule has 1 unspecified atom stereocenters. The lowest BCUT2D eigenvalue weighted by Crippen LogP contribution is -2.25. The van der Waals surface area contributed by atoms with Crippen LogP contribution < -0.4 is 5.73 Å². The minimum Gasteiger partial charge on any atom is -0.330 e. The smallest absolute Gasteiger partial charge is 0.0160 e. The first-order valence-electron chi connectivity index (χ1n) is 5.27. The average Bonchev–Trinajstić information content (AvgIpc) is 2.16. The van der Waals surface area contributed by atoms with E-state index in [1.165, 1.54) is 19.4 Å². The van der Waals surface area contributed by atoms with Gasteiger partial charge in [-0.1, -0.05) is 19.9 Å². The average molecular weight is 184 g/mol. The van der Waals surface area contributed by atoms with Gasteiger partial charge in [0.25, 0.3) is 0 Å². The predicted molar refractivity (Wildman–Crippen MR) is 59.8 cm³/mol. The third-order valence-electron chi connectivity index (χ3n) is 2.41. The van der Waals surface area contributed by atoms with Gasteiger partial charge in [-0.2, -0.15) is 0 Å². The molecule has 0 aromatic heterocycles. The molecule has 78 valence electrons. The molecule has 0 aliphatic carbocycles. The Morgan fingerprint density at radius 1 is 1.54 bits per heavy atom. The van der Waals surface area contributed by atoms with Crippen molar-refractivity contribution in [1.29, 1.82) is 0 Å². The molecule has 2 nitrogen and oxygen atoms in total. The number of nitrogens with two attached hydrogens (primary N) is 1. The summed E-state index contributed by atoms with van der Waals surface area (Å²) in [4.78, 5) is 2.40. The maximum atomic E-state index is 5.55. The highest BCUT2D eigenvalue weighted by Gasteiger charge is 2.02. The van der Waals surface area contributed by atoms with Crippen LogP contribution in [0.3, 0.4) is 0 Å². The van der Waals surface area contributed by atoms with Gasteiger partial charge in [0.15, 0.2) is 0 Å². The second-order valence-electron chi connectivity index (χ2n) is 3.67. The van der Waals surface area contributed by atoms with Crippen LogP contribution in [0.4, 0.5) is 0 Å². The van der Waals surface area contributed by atoms with E-state index in [-0.39, 0.29) is 0 Å². The Bertz CT molecular complexity index is 123. The van der Waals surface area contributed by atoms with Crippen LogP contribution in [0.2, 0.25) is 0 Å². The van der Waals surface area contributed by atoms with Gasteiger partial charge < -0.3 is 5.73 Å². The van der Waals surface area contributed by atoms with E-state index in [1.54, 1.807) is 0 Å². The fraction of sp³-hybridized carbons (Fsp3) is 0.818. The van der Waals surface area contributed by atoms with Gasteiger partial charge in [0.2, 0.25) is 0 Å². The van der Waals surface area contributed by atoms with Gasteiger partial charge in [-0.25, -0.2) is 0 Å². The van der Waals surface area contributed by atoms with Crippen molar-refractivity contribution < 1.29 is 0 Å². The molecule has 0 fully saturated rings. The lowest BCUT2D eigenvalue weighted by Gasteiger charge is -2.18. The number of nitrogens with zero attached hydrogens (tertiary/aromatic N) is 1. The molecule has 0 radical (unpaired) electrons. The van der Waals surface area contributed by atoms with Gasteiger partial charge in [0.1, 0.15) is 0 Å². The van der Waals surface area contributed by atoms with Crippen LogP contribution in [0.25, 0.3) is 0 Å². The van der Waals surface area contributed by atoms with Crippen LogP contribution in [-0.2, 0) is 0 Å². The molecule has 0 aromatic carbocycles. The van der Waals surface area contributed by atoms with Gasteiger partial charge in [0, 0.05) is 6.54 Å². The van der Waals surface area contributed by atoms with Gasteiger partial charge in [-0.05, 0) is 38.4 Å². The summed E-state index contributed by atoms with van der Waals surface area (Å²) in [5, 5.41) is 0. The predicted octanol–water partition coefficient (Wildman–Crippen LogP) is 1.87. The van der Waals surface area contributed by atoms with Gasteiger partial charge in [0.05, 0.1) is 0 Å². The first kappa shape index (κ1) is 12.7. The van der Waals surface area contributed by atoms with Crippen LogP contribution in [0.1, 0.15) is 26.7 Å². The molecule has 0 spiro atoms. The van der Waals surface area contributed by atoms with Crippen LogP contribution in [0, 0.1) is 5.92 Å². The van der Waals surface area contributed by atoms with Crippen LogP contribution in [0.5, 0.6) is 0 Å². The second kappa shape index (κ2) is 8.27. The van der Waals surface area contributed by atoms with Gasteiger partial charge in [-0.3, -0.25) is 4.90 Å². The van der Waals surface area contributed by atoms with Crippen LogP contribution >= 0.6 is 0 Å². The SMILES string of the molecule is C=CCN(CC)CCCC(C)CN. The quantitative estimate of drug-likeness (QED) is 0.584. The number of likely N-dealkylation sites (N-methyl/N-ethyl adjacent to an activating group) is 1. The molecule has 0 saturated heterocycles. The van der Waals surface area contributed by atoms with Crippen molar-refractivity contribution >= 4 is 0 Å². The van der Waals surface area contributed by atoms with Crippen molar-refractivity contribution in [2.45, 2.75) is 26.7 Å². The summed E-state index contributed by atoms with van der Waals surface area (Å²) in [6.07, 6.45) is 4.46. The molecule has 0 heterocycles. The van der Waals surface area contributed by atoms with Crippen LogP contribution in [0.15, 0.2) is 12.7 Å². The summed E-state index contributed by atoms with van der Waals surface area (Å²) in [7, 11) is 0. The third-order valence-corrected chi connectivity index (χ3v) is 2.41. The highest BCUT2D eigenvalue weighted by molar-refractivity contribution is 4.72. The minimum atomic E-state index is 0.669. The Kier molecular flexibility index (Phi) is 8.05. The van der Waals surface area contributed by atoms with E-state index < -0.39 is 0 Å². The van der Waals surface area contributed by atoms with E-state index >= 15 is 0 Å².